The van der Waals surface area contributed by atoms with E-state index in [4.69, 9.17) is 16.6 Å². The van der Waals surface area contributed by atoms with Gasteiger partial charge in [-0.05, 0) is 37.7 Å². The second kappa shape index (κ2) is 14.3. The topological polar surface area (TPSA) is 209 Å². The zero-order valence-corrected chi connectivity index (χ0v) is 19.9. The van der Waals surface area contributed by atoms with Crippen LogP contribution in [-0.2, 0) is 25.6 Å². The van der Waals surface area contributed by atoms with E-state index in [-0.39, 0.29) is 18.9 Å². The van der Waals surface area contributed by atoms with Crippen molar-refractivity contribution in [3.05, 3.63) is 35.9 Å². The molecule has 0 radical (unpaired) electrons. The number of nitrogens with zero attached hydrogens (tertiary/aromatic N) is 2. The van der Waals surface area contributed by atoms with Crippen LogP contribution in [0.2, 0.25) is 0 Å². The van der Waals surface area contributed by atoms with Gasteiger partial charge in [0.25, 0.3) is 5.91 Å². The Morgan fingerprint density at radius 1 is 1.11 bits per heavy atom. The third-order valence-corrected chi connectivity index (χ3v) is 5.42. The number of benzene rings is 1. The van der Waals surface area contributed by atoms with Crippen molar-refractivity contribution >= 4 is 35.7 Å². The lowest BCUT2D eigenvalue weighted by molar-refractivity contribution is -0.141. The molecule has 2 rings (SSSR count). The predicted molar refractivity (Wildman–Crippen MR) is 131 cm³/mol. The van der Waals surface area contributed by atoms with Crippen molar-refractivity contribution in [2.45, 2.75) is 50.6 Å². The Kier molecular flexibility index (Phi) is 11.1. The number of carboxylic acid groups (broad SMARTS) is 1. The van der Waals surface area contributed by atoms with E-state index in [0.29, 0.717) is 19.4 Å². The van der Waals surface area contributed by atoms with Crippen LogP contribution in [0.4, 0.5) is 4.79 Å². The molecule has 13 nitrogen and oxygen atoms in total. The summed E-state index contributed by atoms with van der Waals surface area (Å²) in [5.41, 5.74) is 11.7. The molecule has 196 valence electrons. The number of imide groups is 1. The van der Waals surface area contributed by atoms with Crippen molar-refractivity contribution in [1.82, 2.24) is 20.9 Å². The molecule has 0 bridgehead atoms. The fourth-order valence-electron chi connectivity index (χ4n) is 3.63. The summed E-state index contributed by atoms with van der Waals surface area (Å²) in [7, 11) is 0. The van der Waals surface area contributed by atoms with Crippen LogP contribution in [0.5, 0.6) is 0 Å². The van der Waals surface area contributed by atoms with E-state index in [2.05, 4.69) is 20.9 Å². The number of unbranched alkanes of at least 4 members (excludes halogenated alkanes) is 1. The third kappa shape index (κ3) is 9.60. The molecular weight excluding hydrogens is 470 g/mol. The second-order valence-corrected chi connectivity index (χ2v) is 8.33. The minimum atomic E-state index is -1.35. The van der Waals surface area contributed by atoms with E-state index in [1.807, 2.05) is 30.3 Å². The van der Waals surface area contributed by atoms with Crippen LogP contribution in [0.25, 0.3) is 0 Å². The maximum atomic E-state index is 12.5. The van der Waals surface area contributed by atoms with E-state index in [0.717, 1.165) is 17.7 Å². The first-order valence-electron chi connectivity index (χ1n) is 11.7. The van der Waals surface area contributed by atoms with E-state index in [1.54, 1.807) is 0 Å². The SMILES string of the molecule is NC(N)=NCCC[C@@H]1NC(=O)N(CC(=O)N[C@@H](CC(=O)O)C(=O)NCCCCc2ccccc2)C1=O. The first-order chi connectivity index (χ1) is 17.2. The van der Waals surface area contributed by atoms with E-state index < -0.39 is 54.8 Å². The molecule has 36 heavy (non-hydrogen) atoms. The number of rotatable bonds is 15. The molecule has 8 N–H and O–H groups in total. The molecule has 1 fully saturated rings. The normalized spacial score (nSPS) is 15.7. The fraction of sp³-hybridized carbons (Fsp3) is 0.478. The van der Waals surface area contributed by atoms with Crippen molar-refractivity contribution in [2.24, 2.45) is 16.5 Å². The highest BCUT2D eigenvalue weighted by atomic mass is 16.4. The van der Waals surface area contributed by atoms with E-state index in [9.17, 15) is 24.0 Å². The number of guanidine groups is 1. The number of nitrogens with one attached hydrogen (secondary N) is 3. The number of carbonyl (C=O) groups excluding carboxylic acids is 4. The van der Waals surface area contributed by atoms with Gasteiger partial charge in [-0.15, -0.1) is 0 Å². The summed E-state index contributed by atoms with van der Waals surface area (Å²) in [6, 6.07) is 6.93. The number of nitrogens with two attached hydrogens (primary N) is 2. The summed E-state index contributed by atoms with van der Waals surface area (Å²) in [5.74, 6) is -3.44. The van der Waals surface area contributed by atoms with Crippen LogP contribution >= 0.6 is 0 Å². The summed E-state index contributed by atoms with van der Waals surface area (Å²) < 4.78 is 0. The van der Waals surface area contributed by atoms with Gasteiger partial charge >= 0.3 is 12.0 Å². The molecule has 1 aliphatic heterocycles. The summed E-state index contributed by atoms with van der Waals surface area (Å²) in [5, 5.41) is 16.6. The number of hydrogen-bond acceptors (Lipinski definition) is 6. The molecule has 0 aliphatic carbocycles. The van der Waals surface area contributed by atoms with Crippen molar-refractivity contribution in [3.8, 4) is 0 Å². The summed E-state index contributed by atoms with van der Waals surface area (Å²) in [6.45, 7) is -0.0531. The zero-order chi connectivity index (χ0) is 26.5. The first kappa shape index (κ1) is 28.1. The van der Waals surface area contributed by atoms with E-state index in [1.165, 1.54) is 5.56 Å². The first-order valence-corrected chi connectivity index (χ1v) is 11.7. The number of aliphatic imine (C=N–C) groups is 1. The van der Waals surface area contributed by atoms with Crippen molar-refractivity contribution in [3.63, 3.8) is 0 Å². The summed E-state index contributed by atoms with van der Waals surface area (Å²) in [6.07, 6.45) is 2.39. The van der Waals surface area contributed by atoms with Crippen LogP contribution < -0.4 is 27.4 Å². The smallest absolute Gasteiger partial charge is 0.325 e. The van der Waals surface area contributed by atoms with Crippen LogP contribution in [0, 0.1) is 0 Å². The van der Waals surface area contributed by atoms with Crippen LogP contribution in [0.3, 0.4) is 0 Å². The van der Waals surface area contributed by atoms with Crippen molar-refractivity contribution < 1.29 is 29.1 Å². The lowest BCUT2D eigenvalue weighted by Gasteiger charge is -2.19. The summed E-state index contributed by atoms with van der Waals surface area (Å²) in [4.78, 5) is 65.3. The van der Waals surface area contributed by atoms with Gasteiger partial charge < -0.3 is 32.5 Å². The summed E-state index contributed by atoms with van der Waals surface area (Å²) >= 11 is 0. The minimum absolute atomic E-state index is 0.0813. The van der Waals surface area contributed by atoms with Crippen LogP contribution in [0.15, 0.2) is 35.3 Å². The number of aliphatic carboxylic acids is 1. The quantitative estimate of drug-likeness (QED) is 0.0759. The van der Waals surface area contributed by atoms with Gasteiger partial charge in [0.2, 0.25) is 11.8 Å². The van der Waals surface area contributed by atoms with E-state index >= 15 is 0 Å². The van der Waals surface area contributed by atoms with Gasteiger partial charge in [-0.2, -0.15) is 0 Å². The fourth-order valence-corrected chi connectivity index (χ4v) is 3.63. The molecule has 0 unspecified atom stereocenters. The Balaban J connectivity index is 1.80. The average molecular weight is 504 g/mol. The molecular formula is C23H33N7O6. The molecule has 1 aromatic rings. The monoisotopic (exact) mass is 503 g/mol. The Labute approximate surface area is 208 Å². The molecule has 1 saturated heterocycles. The third-order valence-electron chi connectivity index (χ3n) is 5.42. The van der Waals surface area contributed by atoms with Gasteiger partial charge in [-0.1, -0.05) is 30.3 Å². The predicted octanol–water partition coefficient (Wildman–Crippen LogP) is -0.941. The van der Waals surface area contributed by atoms with Crippen LogP contribution in [0.1, 0.15) is 37.7 Å². The van der Waals surface area contributed by atoms with Gasteiger partial charge in [0.15, 0.2) is 5.96 Å². The molecule has 13 heteroatoms. The number of amides is 5. The largest absolute Gasteiger partial charge is 0.481 e. The molecule has 0 saturated carbocycles. The lowest BCUT2D eigenvalue weighted by Crippen LogP contribution is -2.51. The van der Waals surface area contributed by atoms with Crippen molar-refractivity contribution in [2.75, 3.05) is 19.6 Å². The lowest BCUT2D eigenvalue weighted by atomic mass is 10.1. The average Bonchev–Trinajstić information content (AvgIpc) is 3.08. The van der Waals surface area contributed by atoms with Crippen LogP contribution in [-0.4, -0.2) is 77.4 Å². The Hall–Kier alpha value is -4.16. The zero-order valence-electron chi connectivity index (χ0n) is 19.9. The van der Waals surface area contributed by atoms with Gasteiger partial charge in [0, 0.05) is 13.1 Å². The number of carboxylic acids is 1. The molecule has 0 aromatic heterocycles. The molecule has 2 atom stereocenters. The highest BCUT2D eigenvalue weighted by Gasteiger charge is 2.39. The van der Waals surface area contributed by atoms with Crippen molar-refractivity contribution in [1.29, 1.82) is 0 Å². The maximum Gasteiger partial charge on any atom is 0.325 e. The second-order valence-electron chi connectivity index (χ2n) is 8.33. The number of carbonyl (C=O) groups is 5. The van der Waals surface area contributed by atoms with Gasteiger partial charge in [0.05, 0.1) is 6.42 Å². The molecule has 5 amide bonds. The number of urea groups is 1. The Bertz CT molecular complexity index is 965. The molecule has 1 aromatic carbocycles. The molecule has 1 aliphatic rings. The standard InChI is InChI=1S/C23H33N7O6/c24-22(25)27-12-6-10-16-21(35)30(23(36)29-16)14-18(31)28-17(13-19(32)33)20(34)26-11-5-4-9-15-7-2-1-3-8-15/h1-3,7-8,16-17H,4-6,9-14H2,(H,26,34)(H,28,31)(H,29,36)(H,32,33)(H4,24,25,27)/t16-,17-/m0/s1. The molecule has 0 spiro atoms. The number of hydrogen-bond donors (Lipinski definition) is 6. The Morgan fingerprint density at radius 3 is 2.50 bits per heavy atom. The molecule has 1 heterocycles. The van der Waals surface area contributed by atoms with Gasteiger partial charge in [-0.3, -0.25) is 29.1 Å². The minimum Gasteiger partial charge on any atom is -0.481 e. The van der Waals surface area contributed by atoms with Gasteiger partial charge in [-0.25, -0.2) is 4.79 Å². The highest BCUT2D eigenvalue weighted by Crippen LogP contribution is 2.11. The maximum absolute atomic E-state index is 12.5. The number of aryl methyl sites for hydroxylation is 1. The van der Waals surface area contributed by atoms with Gasteiger partial charge in [0.1, 0.15) is 18.6 Å². The Morgan fingerprint density at radius 2 is 1.83 bits per heavy atom. The highest BCUT2D eigenvalue weighted by molar-refractivity contribution is 6.06.